The minimum atomic E-state index is 0.523. The number of anilines is 1. The first kappa shape index (κ1) is 13.8. The van der Waals surface area contributed by atoms with Crippen LogP contribution in [0.1, 0.15) is 4.88 Å². The van der Waals surface area contributed by atoms with Crippen molar-refractivity contribution in [3.63, 3.8) is 0 Å². The third-order valence-electron chi connectivity index (χ3n) is 2.63. The van der Waals surface area contributed by atoms with Gasteiger partial charge in [-0.1, -0.05) is 6.07 Å². The molecule has 0 unspecified atom stereocenters. The van der Waals surface area contributed by atoms with Crippen LogP contribution in [0, 0.1) is 0 Å². The van der Waals surface area contributed by atoms with E-state index in [1.54, 1.807) is 11.3 Å². The van der Waals surface area contributed by atoms with Crippen molar-refractivity contribution in [2.45, 2.75) is 6.54 Å². The number of nitrogens with zero attached hydrogens (tertiary/aromatic N) is 2. The summed E-state index contributed by atoms with van der Waals surface area (Å²) in [5.74, 6) is 0.523. The van der Waals surface area contributed by atoms with Crippen LogP contribution >= 0.6 is 43.2 Å². The van der Waals surface area contributed by atoms with Crippen molar-refractivity contribution in [1.82, 2.24) is 10.2 Å². The molecule has 0 atom stereocenters. The zero-order valence-electron chi connectivity index (χ0n) is 10.1. The molecule has 0 spiro atoms. The van der Waals surface area contributed by atoms with Crippen LogP contribution in [0.3, 0.4) is 0 Å². The summed E-state index contributed by atoms with van der Waals surface area (Å²) in [5.41, 5.74) is 1.92. The second-order valence-corrected chi connectivity index (χ2v) is 7.32. The van der Waals surface area contributed by atoms with Gasteiger partial charge in [0.2, 0.25) is 12.3 Å². The monoisotopic (exact) mass is 413 g/mol. The van der Waals surface area contributed by atoms with Gasteiger partial charge in [0.15, 0.2) is 0 Å². The first-order valence-electron chi connectivity index (χ1n) is 5.76. The van der Waals surface area contributed by atoms with Crippen LogP contribution in [0.5, 0.6) is 0 Å². The van der Waals surface area contributed by atoms with Crippen molar-refractivity contribution in [2.24, 2.45) is 0 Å². The van der Waals surface area contributed by atoms with Gasteiger partial charge in [0, 0.05) is 27.1 Å². The van der Waals surface area contributed by atoms with Crippen molar-refractivity contribution >= 4 is 48.9 Å². The molecule has 7 heteroatoms. The van der Waals surface area contributed by atoms with Gasteiger partial charge in [-0.05, 0) is 56.1 Å². The van der Waals surface area contributed by atoms with Crippen molar-refractivity contribution < 1.29 is 4.42 Å². The van der Waals surface area contributed by atoms with E-state index in [-0.39, 0.29) is 0 Å². The second kappa shape index (κ2) is 6.07. The maximum absolute atomic E-state index is 5.20. The van der Waals surface area contributed by atoms with Crippen molar-refractivity contribution in [3.8, 4) is 11.5 Å². The molecule has 3 aromatic rings. The molecule has 2 heterocycles. The molecule has 0 saturated carbocycles. The fourth-order valence-corrected chi connectivity index (χ4v) is 3.85. The minimum absolute atomic E-state index is 0.523. The second-order valence-electron chi connectivity index (χ2n) is 4.01. The molecule has 4 nitrogen and oxygen atoms in total. The third-order valence-corrected chi connectivity index (χ3v) is 5.89. The van der Waals surface area contributed by atoms with Crippen LogP contribution in [0.2, 0.25) is 0 Å². The van der Waals surface area contributed by atoms with E-state index in [2.05, 4.69) is 53.4 Å². The molecule has 2 aromatic heterocycles. The smallest absolute Gasteiger partial charge is 0.247 e. The predicted octanol–water partition coefficient (Wildman–Crippen LogP) is 4.94. The summed E-state index contributed by atoms with van der Waals surface area (Å²) in [6.45, 7) is 0.766. The van der Waals surface area contributed by atoms with Crippen LogP contribution in [-0.2, 0) is 6.54 Å². The van der Waals surface area contributed by atoms with Crippen LogP contribution in [0.4, 0.5) is 5.69 Å². The molecule has 0 bridgehead atoms. The Morgan fingerprint density at radius 1 is 1.25 bits per heavy atom. The van der Waals surface area contributed by atoms with Crippen molar-refractivity contribution in [1.29, 1.82) is 0 Å². The minimum Gasteiger partial charge on any atom is -0.423 e. The first-order valence-corrected chi connectivity index (χ1v) is 8.17. The summed E-state index contributed by atoms with van der Waals surface area (Å²) < 4.78 is 7.38. The van der Waals surface area contributed by atoms with Crippen LogP contribution in [0.25, 0.3) is 11.5 Å². The molecule has 1 N–H and O–H groups in total. The number of aromatic nitrogens is 2. The van der Waals surface area contributed by atoms with E-state index >= 15 is 0 Å². The highest BCUT2D eigenvalue weighted by Crippen LogP contribution is 2.32. The van der Waals surface area contributed by atoms with E-state index in [9.17, 15) is 0 Å². The molecule has 1 aromatic carbocycles. The number of halogens is 2. The Hall–Kier alpha value is -1.18. The van der Waals surface area contributed by atoms with E-state index in [1.807, 2.05) is 24.3 Å². The molecule has 0 aliphatic carbocycles. The zero-order chi connectivity index (χ0) is 13.9. The average molecular weight is 415 g/mol. The summed E-state index contributed by atoms with van der Waals surface area (Å²) >= 11 is 8.69. The Kier molecular flexibility index (Phi) is 4.18. The largest absolute Gasteiger partial charge is 0.423 e. The molecular weight excluding hydrogens is 406 g/mol. The summed E-state index contributed by atoms with van der Waals surface area (Å²) in [6.07, 6.45) is 1.33. The molecule has 0 saturated heterocycles. The molecule has 0 aliphatic heterocycles. The number of hydrogen-bond acceptors (Lipinski definition) is 5. The Morgan fingerprint density at radius 3 is 2.85 bits per heavy atom. The summed E-state index contributed by atoms with van der Waals surface area (Å²) in [5, 5.41) is 11.0. The van der Waals surface area contributed by atoms with Gasteiger partial charge in [0.1, 0.15) is 0 Å². The molecule has 0 radical (unpaired) electrons. The molecule has 0 amide bonds. The molecule has 0 fully saturated rings. The maximum Gasteiger partial charge on any atom is 0.247 e. The van der Waals surface area contributed by atoms with E-state index in [0.717, 1.165) is 26.1 Å². The van der Waals surface area contributed by atoms with Gasteiger partial charge >= 0.3 is 0 Å². The average Bonchev–Trinajstić information content (AvgIpc) is 3.08. The van der Waals surface area contributed by atoms with E-state index < -0.39 is 0 Å². The number of hydrogen-bond donors (Lipinski definition) is 1. The maximum atomic E-state index is 5.20. The molecule has 0 aliphatic rings. The lowest BCUT2D eigenvalue weighted by Gasteiger charge is -2.05. The highest BCUT2D eigenvalue weighted by molar-refractivity contribution is 9.13. The van der Waals surface area contributed by atoms with E-state index in [0.29, 0.717) is 5.89 Å². The molecule has 20 heavy (non-hydrogen) atoms. The lowest BCUT2D eigenvalue weighted by atomic mass is 10.2. The predicted molar refractivity (Wildman–Crippen MR) is 86.8 cm³/mol. The van der Waals surface area contributed by atoms with Gasteiger partial charge in [-0.2, -0.15) is 0 Å². The molecule has 102 valence electrons. The van der Waals surface area contributed by atoms with Crippen molar-refractivity contribution in [2.75, 3.05) is 5.32 Å². The molecular formula is C13H9Br2N3OS. The fourth-order valence-electron chi connectivity index (χ4n) is 1.73. The number of rotatable bonds is 4. The Labute approximate surface area is 136 Å². The fraction of sp³-hybridized carbons (Fsp3) is 0.0769. The lowest BCUT2D eigenvalue weighted by Crippen LogP contribution is -1.97. The van der Waals surface area contributed by atoms with E-state index in [4.69, 9.17) is 4.42 Å². The quantitative estimate of drug-likeness (QED) is 0.657. The standard InChI is InChI=1S/C13H9Br2N3OS/c14-11-5-10(20-12(11)15)6-16-9-3-1-2-8(4-9)13-18-17-7-19-13/h1-5,7,16H,6H2. The van der Waals surface area contributed by atoms with Gasteiger partial charge in [-0.25, -0.2) is 0 Å². The van der Waals surface area contributed by atoms with Gasteiger partial charge < -0.3 is 9.73 Å². The highest BCUT2D eigenvalue weighted by atomic mass is 79.9. The summed E-state index contributed by atoms with van der Waals surface area (Å²) in [6, 6.07) is 10.0. The first-order chi connectivity index (χ1) is 9.72. The number of nitrogens with one attached hydrogen (secondary N) is 1. The third kappa shape index (κ3) is 3.11. The normalized spacial score (nSPS) is 10.7. The SMILES string of the molecule is Brc1cc(CNc2cccc(-c3nnco3)c2)sc1Br. The van der Waals surface area contributed by atoms with Gasteiger partial charge in [0.25, 0.3) is 0 Å². The van der Waals surface area contributed by atoms with Crippen LogP contribution < -0.4 is 5.32 Å². The van der Waals surface area contributed by atoms with E-state index in [1.165, 1.54) is 11.3 Å². The zero-order valence-corrected chi connectivity index (χ0v) is 14.1. The number of thiophene rings is 1. The summed E-state index contributed by atoms with van der Waals surface area (Å²) in [7, 11) is 0. The topological polar surface area (TPSA) is 51.0 Å². The molecule has 3 rings (SSSR count). The van der Waals surface area contributed by atoms with Crippen molar-refractivity contribution in [3.05, 3.63) is 49.9 Å². The highest BCUT2D eigenvalue weighted by Gasteiger charge is 2.06. The van der Waals surface area contributed by atoms with Crippen LogP contribution in [-0.4, -0.2) is 10.2 Å². The van der Waals surface area contributed by atoms with Gasteiger partial charge in [0.05, 0.1) is 3.79 Å². The Bertz CT molecular complexity index is 693. The van der Waals surface area contributed by atoms with Crippen LogP contribution in [0.15, 0.2) is 49.4 Å². The van der Waals surface area contributed by atoms with Gasteiger partial charge in [-0.3, -0.25) is 0 Å². The van der Waals surface area contributed by atoms with Gasteiger partial charge in [-0.15, -0.1) is 21.5 Å². The Morgan fingerprint density at radius 2 is 2.15 bits per heavy atom. The lowest BCUT2D eigenvalue weighted by molar-refractivity contribution is 0.568. The number of benzene rings is 1. The summed E-state index contributed by atoms with van der Waals surface area (Å²) in [4.78, 5) is 1.24. The Balaban J connectivity index is 1.73.